The van der Waals surface area contributed by atoms with Gasteiger partial charge in [0.25, 0.3) is 0 Å². The molecule has 0 rings (SSSR count). The van der Waals surface area contributed by atoms with Crippen molar-refractivity contribution in [2.75, 3.05) is 32.6 Å². The van der Waals surface area contributed by atoms with E-state index in [2.05, 4.69) is 20.9 Å². The lowest BCUT2D eigenvalue weighted by molar-refractivity contribution is -0.910. The van der Waals surface area contributed by atoms with E-state index < -0.39 is 0 Å². The van der Waals surface area contributed by atoms with Crippen LogP contribution in [0.15, 0.2) is 0 Å². The van der Waals surface area contributed by atoms with Crippen LogP contribution in [-0.2, 0) is 0 Å². The standard InChI is InChI=1S/C18H39ClN.HI/c1-4-6-8-10-13-17-20(3,18-14-11-15-19)16-12-9-7-5-2;/h4-18H2,1-3H3;1H/q+1;/p-1. The predicted molar refractivity (Wildman–Crippen MR) is 93.6 cm³/mol. The Morgan fingerprint density at radius 2 is 1.00 bits per heavy atom. The summed E-state index contributed by atoms with van der Waals surface area (Å²) >= 11 is 5.83. The van der Waals surface area contributed by atoms with Crippen molar-refractivity contribution in [1.29, 1.82) is 0 Å². The molecule has 0 aliphatic heterocycles. The van der Waals surface area contributed by atoms with E-state index in [0.29, 0.717) is 0 Å². The van der Waals surface area contributed by atoms with Crippen molar-refractivity contribution in [3.8, 4) is 0 Å². The third kappa shape index (κ3) is 15.6. The maximum atomic E-state index is 5.83. The van der Waals surface area contributed by atoms with Gasteiger partial charge >= 0.3 is 0 Å². The molecule has 0 aromatic carbocycles. The van der Waals surface area contributed by atoms with Crippen molar-refractivity contribution in [2.45, 2.75) is 84.5 Å². The molecule has 130 valence electrons. The second kappa shape index (κ2) is 17.3. The van der Waals surface area contributed by atoms with Crippen LogP contribution in [0, 0.1) is 0 Å². The van der Waals surface area contributed by atoms with Gasteiger partial charge in [-0.1, -0.05) is 46.0 Å². The smallest absolute Gasteiger partial charge is 0.0784 e. The van der Waals surface area contributed by atoms with Gasteiger partial charge in [0.05, 0.1) is 26.7 Å². The van der Waals surface area contributed by atoms with Gasteiger partial charge in [-0.2, -0.15) is 0 Å². The summed E-state index contributed by atoms with van der Waals surface area (Å²) in [5.74, 6) is 0.826. The predicted octanol–water partition coefficient (Wildman–Crippen LogP) is 3.01. The molecule has 0 aromatic heterocycles. The van der Waals surface area contributed by atoms with Crippen molar-refractivity contribution in [3.05, 3.63) is 0 Å². The van der Waals surface area contributed by atoms with E-state index >= 15 is 0 Å². The average molecular weight is 432 g/mol. The molecule has 1 unspecified atom stereocenters. The van der Waals surface area contributed by atoms with Gasteiger partial charge in [-0.15, -0.1) is 11.6 Å². The normalized spacial score (nSPS) is 13.7. The van der Waals surface area contributed by atoms with E-state index in [4.69, 9.17) is 11.6 Å². The van der Waals surface area contributed by atoms with Crippen LogP contribution in [0.4, 0.5) is 0 Å². The van der Waals surface area contributed by atoms with Gasteiger partial charge in [-0.05, 0) is 38.5 Å². The second-order valence-corrected chi connectivity index (χ2v) is 7.04. The van der Waals surface area contributed by atoms with Gasteiger partial charge in [-0.3, -0.25) is 0 Å². The van der Waals surface area contributed by atoms with E-state index in [1.54, 1.807) is 0 Å². The average Bonchev–Trinajstić information content (AvgIpc) is 2.44. The van der Waals surface area contributed by atoms with Gasteiger partial charge in [0.2, 0.25) is 0 Å². The minimum Gasteiger partial charge on any atom is -1.00 e. The van der Waals surface area contributed by atoms with Crippen molar-refractivity contribution in [2.24, 2.45) is 0 Å². The molecule has 0 heterocycles. The first kappa shape index (κ1) is 24.2. The third-order valence-corrected chi connectivity index (χ3v) is 4.70. The maximum Gasteiger partial charge on any atom is 0.0784 e. The number of nitrogens with zero attached hydrogens (tertiary/aromatic N) is 1. The van der Waals surface area contributed by atoms with Crippen molar-refractivity contribution < 1.29 is 28.5 Å². The fourth-order valence-corrected chi connectivity index (χ4v) is 3.13. The zero-order valence-corrected chi connectivity index (χ0v) is 17.7. The first-order chi connectivity index (χ1) is 9.68. The van der Waals surface area contributed by atoms with Gasteiger partial charge in [0, 0.05) is 5.88 Å². The lowest BCUT2D eigenvalue weighted by Gasteiger charge is -2.35. The topological polar surface area (TPSA) is 0 Å². The molecule has 0 N–H and O–H groups in total. The molecule has 21 heavy (non-hydrogen) atoms. The highest BCUT2D eigenvalue weighted by molar-refractivity contribution is 6.17. The molecule has 0 radical (unpaired) electrons. The molecule has 0 saturated carbocycles. The van der Waals surface area contributed by atoms with Crippen LogP contribution in [0.5, 0.6) is 0 Å². The van der Waals surface area contributed by atoms with E-state index in [0.717, 1.165) is 5.88 Å². The molecule has 0 fully saturated rings. The monoisotopic (exact) mass is 431 g/mol. The Hall–Kier alpha value is 0.980. The summed E-state index contributed by atoms with van der Waals surface area (Å²) < 4.78 is 1.28. The molecule has 1 nitrogen and oxygen atoms in total. The van der Waals surface area contributed by atoms with Gasteiger partial charge in [0.1, 0.15) is 0 Å². The minimum absolute atomic E-state index is 0. The summed E-state index contributed by atoms with van der Waals surface area (Å²) in [4.78, 5) is 0. The van der Waals surface area contributed by atoms with Crippen LogP contribution in [0.2, 0.25) is 0 Å². The number of hydrogen-bond acceptors (Lipinski definition) is 0. The molecule has 0 aromatic rings. The molecular weight excluding hydrogens is 393 g/mol. The number of quaternary nitrogens is 1. The van der Waals surface area contributed by atoms with Crippen LogP contribution >= 0.6 is 11.6 Å². The lowest BCUT2D eigenvalue weighted by atomic mass is 10.1. The number of rotatable bonds is 15. The molecule has 0 saturated heterocycles. The fraction of sp³-hybridized carbons (Fsp3) is 1.00. The number of hydrogen-bond donors (Lipinski definition) is 0. The highest BCUT2D eigenvalue weighted by Crippen LogP contribution is 2.14. The number of alkyl halides is 1. The highest BCUT2D eigenvalue weighted by Gasteiger charge is 2.19. The molecule has 0 amide bonds. The molecule has 1 atom stereocenters. The first-order valence-electron chi connectivity index (χ1n) is 9.08. The van der Waals surface area contributed by atoms with Crippen molar-refractivity contribution in [3.63, 3.8) is 0 Å². The van der Waals surface area contributed by atoms with Crippen LogP contribution in [0.25, 0.3) is 0 Å². The Balaban J connectivity index is 0. The van der Waals surface area contributed by atoms with E-state index in [-0.39, 0.29) is 24.0 Å². The van der Waals surface area contributed by atoms with Gasteiger partial charge in [-0.25, -0.2) is 0 Å². The fourth-order valence-electron chi connectivity index (χ4n) is 2.94. The van der Waals surface area contributed by atoms with Gasteiger partial charge < -0.3 is 28.5 Å². The molecule has 3 heteroatoms. The largest absolute Gasteiger partial charge is 1.00 e. The molecular formula is C18H39ClIN. The summed E-state index contributed by atoms with van der Waals surface area (Å²) in [6.07, 6.45) is 15.0. The lowest BCUT2D eigenvalue weighted by Crippen LogP contribution is -3.00. The molecule has 0 aliphatic carbocycles. The Bertz CT molecular complexity index is 202. The maximum absolute atomic E-state index is 5.83. The summed E-state index contributed by atoms with van der Waals surface area (Å²) in [5, 5.41) is 0. The quantitative estimate of drug-likeness (QED) is 0.162. The Labute approximate surface area is 156 Å². The number of unbranched alkanes of at least 4 members (excludes halogenated alkanes) is 8. The zero-order chi connectivity index (χ0) is 15.1. The van der Waals surface area contributed by atoms with E-state index in [1.165, 1.54) is 94.7 Å². The minimum atomic E-state index is 0. The Morgan fingerprint density at radius 3 is 1.43 bits per heavy atom. The first-order valence-corrected chi connectivity index (χ1v) is 9.61. The van der Waals surface area contributed by atoms with E-state index in [1.807, 2.05) is 0 Å². The summed E-state index contributed by atoms with van der Waals surface area (Å²) in [6, 6.07) is 0. The van der Waals surface area contributed by atoms with Crippen molar-refractivity contribution in [1.82, 2.24) is 0 Å². The van der Waals surface area contributed by atoms with Gasteiger partial charge in [0.15, 0.2) is 0 Å². The van der Waals surface area contributed by atoms with Crippen molar-refractivity contribution >= 4 is 11.6 Å². The molecule has 0 aliphatic rings. The highest BCUT2D eigenvalue weighted by atomic mass is 127. The van der Waals surface area contributed by atoms with Crippen LogP contribution in [0.3, 0.4) is 0 Å². The molecule has 0 bridgehead atoms. The van der Waals surface area contributed by atoms with Crippen LogP contribution in [-0.4, -0.2) is 37.0 Å². The number of halogens is 2. The SMILES string of the molecule is CCCCCCC[N+](C)(CCCCCl)CCCCCC.[I-]. The third-order valence-electron chi connectivity index (χ3n) is 4.43. The molecule has 0 spiro atoms. The summed E-state index contributed by atoms with van der Waals surface area (Å²) in [7, 11) is 2.47. The Kier molecular flexibility index (Phi) is 20.0. The summed E-state index contributed by atoms with van der Waals surface area (Å²) in [5.41, 5.74) is 0. The Morgan fingerprint density at radius 1 is 0.619 bits per heavy atom. The van der Waals surface area contributed by atoms with Crippen LogP contribution in [0.1, 0.15) is 84.5 Å². The zero-order valence-electron chi connectivity index (χ0n) is 14.8. The van der Waals surface area contributed by atoms with E-state index in [9.17, 15) is 0 Å². The summed E-state index contributed by atoms with van der Waals surface area (Å²) in [6.45, 7) is 8.66. The second-order valence-electron chi connectivity index (χ2n) is 6.66. The van der Waals surface area contributed by atoms with Crippen LogP contribution < -0.4 is 24.0 Å².